The number of imidazole rings is 1. The van der Waals surface area contributed by atoms with Crippen molar-refractivity contribution in [3.8, 4) is 0 Å². The first-order valence-electron chi connectivity index (χ1n) is 5.51. The van der Waals surface area contributed by atoms with Gasteiger partial charge in [-0.05, 0) is 31.0 Å². The predicted molar refractivity (Wildman–Crippen MR) is 66.3 cm³/mol. The molecule has 2 aromatic rings. The van der Waals surface area contributed by atoms with Crippen LogP contribution in [0.2, 0.25) is 5.02 Å². The number of aromatic nitrogens is 2. The number of H-pyrrole nitrogens is 1. The summed E-state index contributed by atoms with van der Waals surface area (Å²) in [4.78, 5) is 17.9. The van der Waals surface area contributed by atoms with Crippen LogP contribution in [0.15, 0.2) is 18.2 Å². The highest BCUT2D eigenvalue weighted by atomic mass is 35.5. The fourth-order valence-corrected chi connectivity index (χ4v) is 1.89. The van der Waals surface area contributed by atoms with Gasteiger partial charge in [0.05, 0.1) is 11.0 Å². The van der Waals surface area contributed by atoms with Gasteiger partial charge in [-0.15, -0.1) is 0 Å². The number of carbonyl (C=O) groups is 1. The Morgan fingerprint density at radius 1 is 1.41 bits per heavy atom. The molecule has 1 heterocycles. The van der Waals surface area contributed by atoms with Crippen molar-refractivity contribution in [1.29, 1.82) is 0 Å². The lowest BCUT2D eigenvalue weighted by molar-refractivity contribution is -0.137. The number of aliphatic carboxylic acids is 1. The van der Waals surface area contributed by atoms with Crippen molar-refractivity contribution < 1.29 is 9.90 Å². The molecule has 0 amide bonds. The topological polar surface area (TPSA) is 66.0 Å². The Morgan fingerprint density at radius 3 is 3.00 bits per heavy atom. The lowest BCUT2D eigenvalue weighted by atomic mass is 10.2. The van der Waals surface area contributed by atoms with Crippen LogP contribution >= 0.6 is 11.6 Å². The van der Waals surface area contributed by atoms with Crippen LogP contribution < -0.4 is 0 Å². The summed E-state index contributed by atoms with van der Waals surface area (Å²) >= 11 is 5.88. The van der Waals surface area contributed by atoms with Gasteiger partial charge in [0.15, 0.2) is 0 Å². The third kappa shape index (κ3) is 3.20. The van der Waals surface area contributed by atoms with Gasteiger partial charge in [-0.1, -0.05) is 11.6 Å². The predicted octanol–water partition coefficient (Wildman–Crippen LogP) is 3.01. The zero-order valence-corrected chi connectivity index (χ0v) is 10.00. The number of nitrogens with zero attached hydrogens (tertiary/aromatic N) is 1. The number of nitrogens with one attached hydrogen (secondary N) is 1. The van der Waals surface area contributed by atoms with E-state index in [9.17, 15) is 4.79 Å². The highest BCUT2D eigenvalue weighted by Crippen LogP contribution is 2.17. The SMILES string of the molecule is O=C(O)CCCCc1nc2ccc(Cl)cc2[nH]1. The zero-order chi connectivity index (χ0) is 12.3. The van der Waals surface area contributed by atoms with E-state index in [1.54, 1.807) is 6.07 Å². The number of rotatable bonds is 5. The Morgan fingerprint density at radius 2 is 2.24 bits per heavy atom. The van der Waals surface area contributed by atoms with Gasteiger partial charge >= 0.3 is 5.97 Å². The monoisotopic (exact) mass is 252 g/mol. The molecule has 0 saturated carbocycles. The van der Waals surface area contributed by atoms with E-state index in [-0.39, 0.29) is 6.42 Å². The molecule has 0 fully saturated rings. The van der Waals surface area contributed by atoms with Gasteiger partial charge in [0.25, 0.3) is 0 Å². The standard InChI is InChI=1S/C12H13ClN2O2/c13-8-5-6-9-10(7-8)15-11(14-9)3-1-2-4-12(16)17/h5-7H,1-4H2,(H,14,15)(H,16,17). The number of hydrogen-bond donors (Lipinski definition) is 2. The molecule has 90 valence electrons. The number of hydrogen-bond acceptors (Lipinski definition) is 2. The van der Waals surface area contributed by atoms with E-state index < -0.39 is 5.97 Å². The highest BCUT2D eigenvalue weighted by Gasteiger charge is 2.04. The molecule has 2 N–H and O–H groups in total. The minimum absolute atomic E-state index is 0.214. The molecule has 0 radical (unpaired) electrons. The second-order valence-electron chi connectivity index (χ2n) is 3.95. The van der Waals surface area contributed by atoms with E-state index in [1.165, 1.54) is 0 Å². The smallest absolute Gasteiger partial charge is 0.303 e. The van der Waals surface area contributed by atoms with E-state index in [0.29, 0.717) is 11.4 Å². The Bertz CT molecular complexity index is 536. The number of unbranched alkanes of at least 4 members (excludes halogenated alkanes) is 1. The molecule has 0 saturated heterocycles. The van der Waals surface area contributed by atoms with E-state index in [1.807, 2.05) is 12.1 Å². The molecular weight excluding hydrogens is 240 g/mol. The largest absolute Gasteiger partial charge is 0.481 e. The summed E-state index contributed by atoms with van der Waals surface area (Å²) in [5, 5.41) is 9.20. The molecule has 0 spiro atoms. The van der Waals surface area contributed by atoms with Gasteiger partial charge in [-0.3, -0.25) is 4.79 Å². The van der Waals surface area contributed by atoms with Gasteiger partial charge in [0.1, 0.15) is 5.82 Å². The second-order valence-corrected chi connectivity index (χ2v) is 4.38. The fraction of sp³-hybridized carbons (Fsp3) is 0.333. The summed E-state index contributed by atoms with van der Waals surface area (Å²) in [6, 6.07) is 5.51. The van der Waals surface area contributed by atoms with Crippen LogP contribution in [0.1, 0.15) is 25.1 Å². The average Bonchev–Trinajstić information content (AvgIpc) is 2.66. The molecule has 0 aliphatic rings. The zero-order valence-electron chi connectivity index (χ0n) is 9.24. The number of carboxylic acid groups (broad SMARTS) is 1. The fourth-order valence-electron chi connectivity index (χ4n) is 1.72. The van der Waals surface area contributed by atoms with Crippen LogP contribution in [0.3, 0.4) is 0 Å². The Labute approximate surface area is 104 Å². The van der Waals surface area contributed by atoms with Gasteiger partial charge < -0.3 is 10.1 Å². The molecule has 0 bridgehead atoms. The van der Waals surface area contributed by atoms with Crippen LogP contribution in [0.4, 0.5) is 0 Å². The first-order valence-corrected chi connectivity index (χ1v) is 5.89. The number of benzene rings is 1. The van der Waals surface area contributed by atoms with Crippen molar-refractivity contribution in [2.24, 2.45) is 0 Å². The molecule has 0 aliphatic heterocycles. The van der Waals surface area contributed by atoms with Crippen molar-refractivity contribution in [2.75, 3.05) is 0 Å². The highest BCUT2D eigenvalue weighted by molar-refractivity contribution is 6.31. The number of halogens is 1. The van der Waals surface area contributed by atoms with Gasteiger partial charge in [-0.25, -0.2) is 4.98 Å². The number of carboxylic acids is 1. The second kappa shape index (κ2) is 5.19. The maximum atomic E-state index is 10.4. The van der Waals surface area contributed by atoms with Crippen LogP contribution in [-0.2, 0) is 11.2 Å². The summed E-state index contributed by atoms with van der Waals surface area (Å²) in [5.41, 5.74) is 1.81. The van der Waals surface area contributed by atoms with Gasteiger partial charge in [-0.2, -0.15) is 0 Å². The Hall–Kier alpha value is -1.55. The first kappa shape index (κ1) is 11.9. The summed E-state index contributed by atoms with van der Waals surface area (Å²) in [7, 11) is 0. The molecular formula is C12H13ClN2O2. The summed E-state index contributed by atoms with van der Waals surface area (Å²) in [6.07, 6.45) is 2.47. The molecule has 4 nitrogen and oxygen atoms in total. The Kier molecular flexibility index (Phi) is 3.64. The van der Waals surface area contributed by atoms with Crippen LogP contribution in [-0.4, -0.2) is 21.0 Å². The number of aryl methyl sites for hydroxylation is 1. The molecule has 0 aliphatic carbocycles. The molecule has 1 aromatic heterocycles. The van der Waals surface area contributed by atoms with Crippen molar-refractivity contribution in [3.63, 3.8) is 0 Å². The van der Waals surface area contributed by atoms with Crippen molar-refractivity contribution >= 4 is 28.6 Å². The molecule has 2 rings (SSSR count). The van der Waals surface area contributed by atoms with Crippen molar-refractivity contribution in [2.45, 2.75) is 25.7 Å². The van der Waals surface area contributed by atoms with Gasteiger partial charge in [0, 0.05) is 17.9 Å². The van der Waals surface area contributed by atoms with E-state index in [0.717, 1.165) is 29.7 Å². The normalized spacial score (nSPS) is 10.9. The first-order chi connectivity index (χ1) is 8.15. The van der Waals surface area contributed by atoms with Crippen LogP contribution in [0, 0.1) is 0 Å². The lowest BCUT2D eigenvalue weighted by Crippen LogP contribution is -1.95. The van der Waals surface area contributed by atoms with E-state index in [2.05, 4.69) is 9.97 Å². The molecule has 1 aromatic carbocycles. The minimum atomic E-state index is -0.749. The maximum Gasteiger partial charge on any atom is 0.303 e. The van der Waals surface area contributed by atoms with Gasteiger partial charge in [0.2, 0.25) is 0 Å². The average molecular weight is 253 g/mol. The van der Waals surface area contributed by atoms with Crippen LogP contribution in [0.25, 0.3) is 11.0 Å². The minimum Gasteiger partial charge on any atom is -0.481 e. The summed E-state index contributed by atoms with van der Waals surface area (Å²) in [6.45, 7) is 0. The quantitative estimate of drug-likeness (QED) is 0.804. The maximum absolute atomic E-state index is 10.4. The lowest BCUT2D eigenvalue weighted by Gasteiger charge is -1.95. The van der Waals surface area contributed by atoms with E-state index in [4.69, 9.17) is 16.7 Å². The van der Waals surface area contributed by atoms with Crippen molar-refractivity contribution in [3.05, 3.63) is 29.0 Å². The Balaban J connectivity index is 1.97. The van der Waals surface area contributed by atoms with Crippen LogP contribution in [0.5, 0.6) is 0 Å². The molecule has 5 heteroatoms. The third-order valence-corrected chi connectivity index (χ3v) is 2.78. The summed E-state index contributed by atoms with van der Waals surface area (Å²) < 4.78 is 0. The van der Waals surface area contributed by atoms with E-state index >= 15 is 0 Å². The van der Waals surface area contributed by atoms with Crippen molar-refractivity contribution in [1.82, 2.24) is 9.97 Å². The number of aromatic amines is 1. The number of fused-ring (bicyclic) bond motifs is 1. The third-order valence-electron chi connectivity index (χ3n) is 2.55. The molecule has 0 atom stereocenters. The molecule has 17 heavy (non-hydrogen) atoms. The summed E-state index contributed by atoms with van der Waals surface area (Å²) in [5.74, 6) is 0.133. The molecule has 0 unspecified atom stereocenters.